The van der Waals surface area contributed by atoms with Crippen molar-refractivity contribution < 1.29 is 0 Å². The van der Waals surface area contributed by atoms with Gasteiger partial charge in [0.1, 0.15) is 0 Å². The number of aryl methyl sites for hydroxylation is 3. The fourth-order valence-electron chi connectivity index (χ4n) is 3.14. The predicted octanol–water partition coefficient (Wildman–Crippen LogP) is 3.15. The molecule has 1 heterocycles. The van der Waals surface area contributed by atoms with E-state index in [4.69, 9.17) is 10.7 Å². The minimum absolute atomic E-state index is 0.104. The minimum Gasteiger partial charge on any atom is -0.330 e. The van der Waals surface area contributed by atoms with E-state index >= 15 is 0 Å². The number of nitrogens with two attached hydrogens (primary N) is 1. The standard InChI is InChI=1S/C16H20N2S/c1-11-12(2)19-15(18-11)9-16(10-17)8-7-13-5-3-4-6-14(13)16/h3-6H,7-10,17H2,1-2H3. The molecule has 3 rings (SSSR count). The Kier molecular flexibility index (Phi) is 3.19. The first-order chi connectivity index (χ1) is 9.14. The zero-order valence-corrected chi connectivity index (χ0v) is 12.4. The highest BCUT2D eigenvalue weighted by Crippen LogP contribution is 2.41. The van der Waals surface area contributed by atoms with Crippen LogP contribution < -0.4 is 5.73 Å². The topological polar surface area (TPSA) is 38.9 Å². The Morgan fingerprint density at radius 2 is 2.11 bits per heavy atom. The SMILES string of the molecule is Cc1nc(CC2(CN)CCc3ccccc32)sc1C. The van der Waals surface area contributed by atoms with Crippen LogP contribution in [0.3, 0.4) is 0 Å². The van der Waals surface area contributed by atoms with Crippen LogP contribution in [0, 0.1) is 13.8 Å². The molecule has 0 fully saturated rings. The van der Waals surface area contributed by atoms with Gasteiger partial charge >= 0.3 is 0 Å². The number of aromatic nitrogens is 1. The Bertz CT molecular complexity index is 583. The van der Waals surface area contributed by atoms with Crippen molar-refractivity contribution in [3.8, 4) is 0 Å². The van der Waals surface area contributed by atoms with Crippen molar-refractivity contribution >= 4 is 11.3 Å². The van der Waals surface area contributed by atoms with Crippen LogP contribution in [0.2, 0.25) is 0 Å². The van der Waals surface area contributed by atoms with E-state index in [1.165, 1.54) is 26.7 Å². The summed E-state index contributed by atoms with van der Waals surface area (Å²) in [6, 6.07) is 8.75. The minimum atomic E-state index is 0.104. The van der Waals surface area contributed by atoms with Crippen LogP contribution in [0.15, 0.2) is 24.3 Å². The summed E-state index contributed by atoms with van der Waals surface area (Å²) in [5, 5.41) is 1.23. The van der Waals surface area contributed by atoms with Gasteiger partial charge in [-0.2, -0.15) is 0 Å². The van der Waals surface area contributed by atoms with E-state index in [0.29, 0.717) is 6.54 Å². The highest BCUT2D eigenvalue weighted by molar-refractivity contribution is 7.11. The summed E-state index contributed by atoms with van der Waals surface area (Å²) < 4.78 is 0. The Balaban J connectivity index is 1.97. The maximum atomic E-state index is 6.15. The van der Waals surface area contributed by atoms with Gasteiger partial charge in [-0.1, -0.05) is 24.3 Å². The van der Waals surface area contributed by atoms with Gasteiger partial charge in [-0.05, 0) is 37.8 Å². The third-order valence-electron chi connectivity index (χ3n) is 4.41. The van der Waals surface area contributed by atoms with Gasteiger partial charge in [0.15, 0.2) is 0 Å². The third-order valence-corrected chi connectivity index (χ3v) is 5.49. The molecule has 2 nitrogen and oxygen atoms in total. The lowest BCUT2D eigenvalue weighted by Crippen LogP contribution is -2.35. The van der Waals surface area contributed by atoms with Crippen molar-refractivity contribution in [1.82, 2.24) is 4.98 Å². The number of rotatable bonds is 3. The molecular formula is C16H20N2S. The van der Waals surface area contributed by atoms with Gasteiger partial charge in [0.05, 0.1) is 10.7 Å². The molecule has 0 saturated carbocycles. The molecule has 1 aromatic carbocycles. The Labute approximate surface area is 118 Å². The predicted molar refractivity (Wildman–Crippen MR) is 80.8 cm³/mol. The number of benzene rings is 1. The average molecular weight is 272 g/mol. The fourth-order valence-corrected chi connectivity index (χ4v) is 4.21. The molecule has 0 amide bonds. The summed E-state index contributed by atoms with van der Waals surface area (Å²) >= 11 is 1.82. The van der Waals surface area contributed by atoms with Crippen molar-refractivity contribution in [1.29, 1.82) is 0 Å². The van der Waals surface area contributed by atoms with E-state index in [0.717, 1.165) is 19.3 Å². The molecule has 1 atom stereocenters. The molecule has 0 saturated heterocycles. The zero-order chi connectivity index (χ0) is 13.5. The fraction of sp³-hybridized carbons (Fsp3) is 0.438. The molecule has 2 N–H and O–H groups in total. The third kappa shape index (κ3) is 2.11. The molecule has 1 aromatic heterocycles. The van der Waals surface area contributed by atoms with Crippen molar-refractivity contribution in [3.63, 3.8) is 0 Å². The van der Waals surface area contributed by atoms with Crippen LogP contribution >= 0.6 is 11.3 Å². The largest absolute Gasteiger partial charge is 0.330 e. The first-order valence-corrected chi connectivity index (χ1v) is 7.68. The van der Waals surface area contributed by atoms with Gasteiger partial charge < -0.3 is 5.73 Å². The Morgan fingerprint density at radius 3 is 2.79 bits per heavy atom. The van der Waals surface area contributed by atoms with Crippen molar-refractivity contribution in [2.75, 3.05) is 6.54 Å². The van der Waals surface area contributed by atoms with Crippen molar-refractivity contribution in [2.45, 2.75) is 38.5 Å². The molecule has 0 aliphatic heterocycles. The second-order valence-corrected chi connectivity index (χ2v) is 6.86. The van der Waals surface area contributed by atoms with Crippen LogP contribution in [-0.2, 0) is 18.3 Å². The summed E-state index contributed by atoms with van der Waals surface area (Å²) in [5.74, 6) is 0. The smallest absolute Gasteiger partial charge is 0.0940 e. The summed E-state index contributed by atoms with van der Waals surface area (Å²) in [4.78, 5) is 6.03. The highest BCUT2D eigenvalue weighted by Gasteiger charge is 2.38. The van der Waals surface area contributed by atoms with Crippen LogP contribution in [0.25, 0.3) is 0 Å². The van der Waals surface area contributed by atoms with Gasteiger partial charge in [-0.3, -0.25) is 0 Å². The lowest BCUT2D eigenvalue weighted by Gasteiger charge is -2.28. The number of fused-ring (bicyclic) bond motifs is 1. The van der Waals surface area contributed by atoms with Crippen LogP contribution in [0.4, 0.5) is 0 Å². The summed E-state index contributed by atoms with van der Waals surface area (Å²) in [5.41, 5.74) is 10.3. The molecule has 0 radical (unpaired) electrons. The number of thiazole rings is 1. The maximum Gasteiger partial charge on any atom is 0.0940 e. The number of hydrogen-bond acceptors (Lipinski definition) is 3. The van der Waals surface area contributed by atoms with E-state index in [2.05, 4.69) is 38.1 Å². The Hall–Kier alpha value is -1.19. The van der Waals surface area contributed by atoms with Crippen LogP contribution in [0.5, 0.6) is 0 Å². The molecule has 3 heteroatoms. The molecule has 100 valence electrons. The summed E-state index contributed by atoms with van der Waals surface area (Å²) in [6.07, 6.45) is 3.29. The van der Waals surface area contributed by atoms with Crippen molar-refractivity contribution in [3.05, 3.63) is 51.0 Å². The van der Waals surface area contributed by atoms with E-state index in [-0.39, 0.29) is 5.41 Å². The van der Waals surface area contributed by atoms with Crippen molar-refractivity contribution in [2.24, 2.45) is 5.73 Å². The van der Waals surface area contributed by atoms with Gasteiger partial charge in [-0.25, -0.2) is 4.98 Å². The van der Waals surface area contributed by atoms with Gasteiger partial charge in [-0.15, -0.1) is 11.3 Å². The van der Waals surface area contributed by atoms with E-state index in [1.54, 1.807) is 0 Å². The molecule has 0 spiro atoms. The van der Waals surface area contributed by atoms with Crippen LogP contribution in [0.1, 0.15) is 33.1 Å². The molecule has 19 heavy (non-hydrogen) atoms. The quantitative estimate of drug-likeness (QED) is 0.932. The second kappa shape index (κ2) is 4.73. The summed E-state index contributed by atoms with van der Waals surface area (Å²) in [7, 11) is 0. The molecule has 2 aromatic rings. The molecule has 0 bridgehead atoms. The first kappa shape index (κ1) is 12.8. The monoisotopic (exact) mass is 272 g/mol. The molecular weight excluding hydrogens is 252 g/mol. The van der Waals surface area contributed by atoms with Gasteiger partial charge in [0.2, 0.25) is 0 Å². The normalized spacial score (nSPS) is 21.6. The maximum absolute atomic E-state index is 6.15. The highest BCUT2D eigenvalue weighted by atomic mass is 32.1. The lowest BCUT2D eigenvalue weighted by atomic mass is 9.79. The molecule has 1 aliphatic rings. The number of nitrogens with zero attached hydrogens (tertiary/aromatic N) is 1. The Morgan fingerprint density at radius 1 is 1.32 bits per heavy atom. The van der Waals surface area contributed by atoms with Gasteiger partial charge in [0.25, 0.3) is 0 Å². The lowest BCUT2D eigenvalue weighted by molar-refractivity contribution is 0.431. The second-order valence-electron chi connectivity index (χ2n) is 5.57. The average Bonchev–Trinajstić information content (AvgIpc) is 2.93. The number of hydrogen-bond donors (Lipinski definition) is 1. The summed E-state index contributed by atoms with van der Waals surface area (Å²) in [6.45, 7) is 4.95. The zero-order valence-electron chi connectivity index (χ0n) is 11.6. The van der Waals surface area contributed by atoms with Gasteiger partial charge in [0, 0.05) is 23.3 Å². The molecule has 1 aliphatic carbocycles. The van der Waals surface area contributed by atoms with E-state index in [1.807, 2.05) is 11.3 Å². The molecule has 1 unspecified atom stereocenters. The van der Waals surface area contributed by atoms with Crippen LogP contribution in [-0.4, -0.2) is 11.5 Å². The first-order valence-electron chi connectivity index (χ1n) is 6.86. The van der Waals surface area contributed by atoms with E-state index < -0.39 is 0 Å². The van der Waals surface area contributed by atoms with E-state index in [9.17, 15) is 0 Å².